The molecule has 1 saturated heterocycles. The highest BCUT2D eigenvalue weighted by atomic mass is 19.4. The second kappa shape index (κ2) is 7.71. The van der Waals surface area contributed by atoms with Crippen molar-refractivity contribution >= 4 is 17.0 Å². The van der Waals surface area contributed by atoms with E-state index in [0.717, 1.165) is 12.1 Å². The third-order valence-corrected chi connectivity index (χ3v) is 5.34. The van der Waals surface area contributed by atoms with Gasteiger partial charge in [-0.1, -0.05) is 12.1 Å². The van der Waals surface area contributed by atoms with Crippen molar-refractivity contribution in [2.75, 3.05) is 11.9 Å². The molecule has 1 aromatic carbocycles. The number of benzene rings is 1. The molecule has 0 saturated carbocycles. The van der Waals surface area contributed by atoms with E-state index >= 15 is 0 Å². The number of ether oxygens (including phenoxy) is 1. The Hall–Kier alpha value is -2.80. The van der Waals surface area contributed by atoms with Crippen LogP contribution in [0.4, 0.5) is 19.0 Å². The Labute approximate surface area is 174 Å². The summed E-state index contributed by atoms with van der Waals surface area (Å²) in [6, 6.07) is 4.92. The van der Waals surface area contributed by atoms with Gasteiger partial charge in [0.1, 0.15) is 24.1 Å². The Balaban J connectivity index is 1.59. The molecule has 3 heterocycles. The molecule has 0 unspecified atom stereocenters. The summed E-state index contributed by atoms with van der Waals surface area (Å²) in [6.45, 7) is 0.924. The quantitative estimate of drug-likeness (QED) is 0.471. The van der Waals surface area contributed by atoms with E-state index in [2.05, 4.69) is 20.3 Å². The molecule has 0 bridgehead atoms. The molecule has 12 heteroatoms. The second-order valence-corrected chi connectivity index (χ2v) is 7.47. The Bertz CT molecular complexity index is 1090. The topological polar surface area (TPSA) is 126 Å². The summed E-state index contributed by atoms with van der Waals surface area (Å²) in [5.74, 6) is 0.277. The zero-order valence-corrected chi connectivity index (χ0v) is 16.3. The molecule has 0 spiro atoms. The van der Waals surface area contributed by atoms with Crippen LogP contribution in [0, 0.1) is 0 Å². The highest BCUT2D eigenvalue weighted by Crippen LogP contribution is 2.38. The van der Waals surface area contributed by atoms with Crippen molar-refractivity contribution in [3.05, 3.63) is 48.0 Å². The molecule has 3 aromatic rings. The largest absolute Gasteiger partial charge is 0.416 e. The van der Waals surface area contributed by atoms with E-state index in [-0.39, 0.29) is 18.0 Å². The number of halogens is 3. The van der Waals surface area contributed by atoms with Crippen molar-refractivity contribution < 1.29 is 33.2 Å². The first kappa shape index (κ1) is 21.4. The fourth-order valence-corrected chi connectivity index (χ4v) is 3.52. The third-order valence-electron chi connectivity index (χ3n) is 5.34. The SMILES string of the molecule is C[C@@]1(O)[C@@H](CO)O[C@@H](n2cnc3c(NCc4cccc(C(F)(F)F)c4)ncnc32)[C@@H]1O. The number of fused-ring (bicyclic) bond motifs is 1. The summed E-state index contributed by atoms with van der Waals surface area (Å²) in [7, 11) is 0. The van der Waals surface area contributed by atoms with Gasteiger partial charge in [0.2, 0.25) is 0 Å². The van der Waals surface area contributed by atoms with Gasteiger partial charge < -0.3 is 25.4 Å². The van der Waals surface area contributed by atoms with E-state index in [9.17, 15) is 28.5 Å². The molecule has 0 radical (unpaired) electrons. The van der Waals surface area contributed by atoms with Crippen LogP contribution >= 0.6 is 0 Å². The van der Waals surface area contributed by atoms with Crippen molar-refractivity contribution in [2.24, 2.45) is 0 Å². The van der Waals surface area contributed by atoms with E-state index in [4.69, 9.17) is 4.74 Å². The number of anilines is 1. The Morgan fingerprint density at radius 2 is 2.03 bits per heavy atom. The molecule has 4 rings (SSSR count). The van der Waals surface area contributed by atoms with Crippen LogP contribution in [0.5, 0.6) is 0 Å². The zero-order valence-electron chi connectivity index (χ0n) is 16.3. The molecule has 0 aliphatic carbocycles. The van der Waals surface area contributed by atoms with Crippen LogP contribution in [0.15, 0.2) is 36.9 Å². The van der Waals surface area contributed by atoms with Crippen LogP contribution < -0.4 is 5.32 Å². The van der Waals surface area contributed by atoms with E-state index in [1.165, 1.54) is 30.2 Å². The van der Waals surface area contributed by atoms with Gasteiger partial charge in [0, 0.05) is 6.54 Å². The highest BCUT2D eigenvalue weighted by molar-refractivity contribution is 5.82. The van der Waals surface area contributed by atoms with E-state index < -0.39 is 42.4 Å². The summed E-state index contributed by atoms with van der Waals surface area (Å²) < 4.78 is 45.7. The normalized spacial score (nSPS) is 26.5. The molecule has 4 N–H and O–H groups in total. The fraction of sp³-hybridized carbons (Fsp3) is 0.421. The number of aliphatic hydroxyl groups excluding tert-OH is 2. The predicted molar refractivity (Wildman–Crippen MR) is 102 cm³/mol. The number of imidazole rings is 1. The Morgan fingerprint density at radius 3 is 2.71 bits per heavy atom. The Morgan fingerprint density at radius 1 is 1.26 bits per heavy atom. The minimum atomic E-state index is -4.44. The van der Waals surface area contributed by atoms with Crippen molar-refractivity contribution in [3.63, 3.8) is 0 Å². The number of aromatic nitrogens is 4. The van der Waals surface area contributed by atoms with E-state index in [1.807, 2.05) is 0 Å². The monoisotopic (exact) mass is 439 g/mol. The van der Waals surface area contributed by atoms with Gasteiger partial charge in [0.15, 0.2) is 23.2 Å². The van der Waals surface area contributed by atoms with Gasteiger partial charge in [0.05, 0.1) is 18.5 Å². The standard InChI is InChI=1S/C19H20F3N5O4/c1-18(30)12(7-28)31-17(14(18)29)27-9-26-13-15(24-8-25-16(13)27)23-6-10-3-2-4-11(5-10)19(20,21)22/h2-5,8-9,12,14,17,28-30H,6-7H2,1H3,(H,23,24,25)/t12-,14+,17-,18-/m1/s1. The lowest BCUT2D eigenvalue weighted by atomic mass is 9.95. The minimum Gasteiger partial charge on any atom is -0.394 e. The number of alkyl halides is 3. The lowest BCUT2D eigenvalue weighted by molar-refractivity contribution is -0.137. The van der Waals surface area contributed by atoms with Crippen LogP contribution in [0.1, 0.15) is 24.3 Å². The first-order chi connectivity index (χ1) is 14.6. The number of rotatable bonds is 5. The molecule has 2 aromatic heterocycles. The highest BCUT2D eigenvalue weighted by Gasteiger charge is 2.52. The maximum Gasteiger partial charge on any atom is 0.416 e. The first-order valence-electron chi connectivity index (χ1n) is 9.37. The summed E-state index contributed by atoms with van der Waals surface area (Å²) in [6.07, 6.45) is -5.28. The zero-order chi connectivity index (χ0) is 22.4. The van der Waals surface area contributed by atoms with Gasteiger partial charge in [-0.25, -0.2) is 15.0 Å². The number of hydrogen-bond acceptors (Lipinski definition) is 8. The number of nitrogens with one attached hydrogen (secondary N) is 1. The minimum absolute atomic E-state index is 0.0622. The smallest absolute Gasteiger partial charge is 0.394 e. The van der Waals surface area contributed by atoms with Crippen LogP contribution in [0.3, 0.4) is 0 Å². The third kappa shape index (κ3) is 3.82. The maximum absolute atomic E-state index is 12.9. The fourth-order valence-electron chi connectivity index (χ4n) is 3.52. The number of aliphatic hydroxyl groups is 3. The summed E-state index contributed by atoms with van der Waals surface area (Å²) in [4.78, 5) is 12.5. The second-order valence-electron chi connectivity index (χ2n) is 7.47. The van der Waals surface area contributed by atoms with E-state index in [1.54, 1.807) is 6.07 Å². The average Bonchev–Trinajstić information content (AvgIpc) is 3.25. The molecule has 1 aliphatic rings. The molecular weight excluding hydrogens is 419 g/mol. The van der Waals surface area contributed by atoms with Gasteiger partial charge in [-0.05, 0) is 24.6 Å². The maximum atomic E-state index is 12.9. The summed E-state index contributed by atoms with van der Waals surface area (Å²) in [5.41, 5.74) is -1.45. The van der Waals surface area contributed by atoms with Gasteiger partial charge in [0.25, 0.3) is 0 Å². The van der Waals surface area contributed by atoms with E-state index in [0.29, 0.717) is 11.1 Å². The number of hydrogen-bond donors (Lipinski definition) is 4. The van der Waals surface area contributed by atoms with Crippen molar-refractivity contribution in [2.45, 2.75) is 43.7 Å². The Kier molecular flexibility index (Phi) is 5.33. The number of nitrogens with zero attached hydrogens (tertiary/aromatic N) is 4. The first-order valence-corrected chi connectivity index (χ1v) is 9.37. The molecule has 1 fully saturated rings. The van der Waals surface area contributed by atoms with Gasteiger partial charge in [-0.2, -0.15) is 13.2 Å². The van der Waals surface area contributed by atoms with Crippen molar-refractivity contribution in [1.29, 1.82) is 0 Å². The molecule has 9 nitrogen and oxygen atoms in total. The molecule has 4 atom stereocenters. The van der Waals surface area contributed by atoms with Crippen LogP contribution in [-0.2, 0) is 17.5 Å². The summed E-state index contributed by atoms with van der Waals surface area (Å²) in [5, 5.41) is 33.3. The molecule has 166 valence electrons. The van der Waals surface area contributed by atoms with Gasteiger partial charge in [-0.15, -0.1) is 0 Å². The molecule has 1 aliphatic heterocycles. The van der Waals surface area contributed by atoms with Crippen LogP contribution in [0.25, 0.3) is 11.2 Å². The van der Waals surface area contributed by atoms with Crippen LogP contribution in [-0.4, -0.2) is 59.3 Å². The molecule has 31 heavy (non-hydrogen) atoms. The average molecular weight is 439 g/mol. The van der Waals surface area contributed by atoms with Crippen molar-refractivity contribution in [1.82, 2.24) is 19.5 Å². The van der Waals surface area contributed by atoms with Gasteiger partial charge in [-0.3, -0.25) is 4.57 Å². The molecule has 0 amide bonds. The lowest BCUT2D eigenvalue weighted by Crippen LogP contribution is -2.46. The molecular formula is C19H20F3N5O4. The summed E-state index contributed by atoms with van der Waals surface area (Å²) >= 11 is 0. The van der Waals surface area contributed by atoms with Crippen molar-refractivity contribution in [3.8, 4) is 0 Å². The van der Waals surface area contributed by atoms with Gasteiger partial charge >= 0.3 is 6.18 Å². The lowest BCUT2D eigenvalue weighted by Gasteiger charge is -2.25. The van der Waals surface area contributed by atoms with Crippen LogP contribution in [0.2, 0.25) is 0 Å². The predicted octanol–water partition coefficient (Wildman–Crippen LogP) is 1.46.